The molecule has 0 unspecified atom stereocenters. The van der Waals surface area contributed by atoms with Crippen LogP contribution >= 0.6 is 0 Å². The van der Waals surface area contributed by atoms with Crippen LogP contribution in [0, 0.1) is 0 Å². The summed E-state index contributed by atoms with van der Waals surface area (Å²) in [5.74, 6) is -0.110. The van der Waals surface area contributed by atoms with Gasteiger partial charge in [0.15, 0.2) is 0 Å². The molecule has 166 valence electrons. The number of hydrogen-bond donors (Lipinski definition) is 0. The van der Waals surface area contributed by atoms with Gasteiger partial charge in [-0.1, -0.05) is 18.2 Å². The predicted molar refractivity (Wildman–Crippen MR) is 114 cm³/mol. The Morgan fingerprint density at radius 1 is 0.933 bits per heavy atom. The van der Waals surface area contributed by atoms with Gasteiger partial charge in [-0.05, 0) is 38.1 Å². The van der Waals surface area contributed by atoms with E-state index >= 15 is 0 Å². The summed E-state index contributed by atoms with van der Waals surface area (Å²) in [6.45, 7) is 5.02. The van der Waals surface area contributed by atoms with Crippen molar-refractivity contribution in [3.8, 4) is 0 Å². The van der Waals surface area contributed by atoms with Crippen LogP contribution in [0.15, 0.2) is 35.2 Å². The quantitative estimate of drug-likeness (QED) is 0.604. The number of piperazine rings is 1. The topological polar surface area (TPSA) is 81.2 Å². The molecular formula is C21H32N4O4S. The van der Waals surface area contributed by atoms with E-state index in [1.54, 1.807) is 47.2 Å². The summed E-state index contributed by atoms with van der Waals surface area (Å²) in [7, 11) is -1.74. The average Bonchev–Trinajstić information content (AvgIpc) is 3.30. The Kier molecular flexibility index (Phi) is 7.85. The van der Waals surface area contributed by atoms with Crippen molar-refractivity contribution in [3.05, 3.63) is 30.3 Å². The monoisotopic (exact) mass is 436 g/mol. The maximum absolute atomic E-state index is 12.7. The van der Waals surface area contributed by atoms with Crippen molar-refractivity contribution >= 4 is 21.8 Å². The largest absolute Gasteiger partial charge is 0.344 e. The number of likely N-dealkylation sites (tertiary alicyclic amines) is 1. The number of benzene rings is 1. The van der Waals surface area contributed by atoms with Gasteiger partial charge in [0.1, 0.15) is 0 Å². The van der Waals surface area contributed by atoms with E-state index in [-0.39, 0.29) is 42.6 Å². The third-order valence-electron chi connectivity index (χ3n) is 5.90. The first-order valence-corrected chi connectivity index (χ1v) is 12.1. The van der Waals surface area contributed by atoms with Crippen LogP contribution in [-0.4, -0.2) is 98.6 Å². The summed E-state index contributed by atoms with van der Waals surface area (Å²) < 4.78 is 26.8. The van der Waals surface area contributed by atoms with Crippen molar-refractivity contribution < 1.29 is 18.0 Å². The molecule has 9 heteroatoms. The van der Waals surface area contributed by atoms with Crippen molar-refractivity contribution in [3.63, 3.8) is 0 Å². The Morgan fingerprint density at radius 2 is 1.57 bits per heavy atom. The van der Waals surface area contributed by atoms with Gasteiger partial charge >= 0.3 is 0 Å². The van der Waals surface area contributed by atoms with Gasteiger partial charge in [-0.3, -0.25) is 9.59 Å². The van der Waals surface area contributed by atoms with Gasteiger partial charge < -0.3 is 14.7 Å². The first-order chi connectivity index (χ1) is 14.4. The smallest absolute Gasteiger partial charge is 0.243 e. The standard InChI is InChI=1S/C21H32N4O4S/c1-22(13-14-23-11-5-6-12-23)20(26)9-10-21(27)24-15-17-25(18-16-24)30(28,29)19-7-3-2-4-8-19/h2-4,7-8H,5-6,9-18H2,1H3. The van der Waals surface area contributed by atoms with Crippen LogP contribution in [-0.2, 0) is 19.6 Å². The Labute approximate surface area is 179 Å². The van der Waals surface area contributed by atoms with Crippen molar-refractivity contribution in [2.24, 2.45) is 0 Å². The molecule has 2 fully saturated rings. The molecule has 2 aliphatic rings. The Balaban J connectivity index is 1.40. The molecule has 0 bridgehead atoms. The van der Waals surface area contributed by atoms with Gasteiger partial charge in [0, 0.05) is 59.2 Å². The molecule has 2 saturated heterocycles. The molecule has 1 aromatic rings. The molecule has 0 N–H and O–H groups in total. The van der Waals surface area contributed by atoms with Crippen LogP contribution in [0.25, 0.3) is 0 Å². The maximum Gasteiger partial charge on any atom is 0.243 e. The molecule has 0 aliphatic carbocycles. The van der Waals surface area contributed by atoms with Crippen LogP contribution < -0.4 is 0 Å². The van der Waals surface area contributed by atoms with E-state index in [2.05, 4.69) is 4.90 Å². The molecule has 1 aromatic carbocycles. The van der Waals surface area contributed by atoms with Crippen molar-refractivity contribution in [2.45, 2.75) is 30.6 Å². The fraction of sp³-hybridized carbons (Fsp3) is 0.619. The lowest BCUT2D eigenvalue weighted by Gasteiger charge is -2.34. The molecule has 0 atom stereocenters. The summed E-state index contributed by atoms with van der Waals surface area (Å²) in [6, 6.07) is 8.34. The normalized spacial score (nSPS) is 18.5. The zero-order chi connectivity index (χ0) is 21.6. The van der Waals surface area contributed by atoms with E-state index in [0.29, 0.717) is 19.6 Å². The van der Waals surface area contributed by atoms with Gasteiger partial charge in [0.2, 0.25) is 21.8 Å². The number of rotatable bonds is 8. The molecule has 0 radical (unpaired) electrons. The highest BCUT2D eigenvalue weighted by atomic mass is 32.2. The lowest BCUT2D eigenvalue weighted by atomic mass is 10.2. The lowest BCUT2D eigenvalue weighted by molar-refractivity contribution is -0.137. The molecule has 0 saturated carbocycles. The summed E-state index contributed by atoms with van der Waals surface area (Å²) in [4.78, 5) is 30.8. The van der Waals surface area contributed by atoms with Gasteiger partial charge in [0.05, 0.1) is 4.90 Å². The number of amides is 2. The summed E-state index contributed by atoms with van der Waals surface area (Å²) in [5, 5.41) is 0. The highest BCUT2D eigenvalue weighted by molar-refractivity contribution is 7.89. The molecule has 2 amide bonds. The third kappa shape index (κ3) is 5.80. The Bertz CT molecular complexity index is 817. The van der Waals surface area contributed by atoms with E-state index < -0.39 is 10.0 Å². The highest BCUT2D eigenvalue weighted by Crippen LogP contribution is 2.17. The summed E-state index contributed by atoms with van der Waals surface area (Å²) >= 11 is 0. The summed E-state index contributed by atoms with van der Waals surface area (Å²) in [5.41, 5.74) is 0. The zero-order valence-electron chi connectivity index (χ0n) is 17.7. The van der Waals surface area contributed by atoms with E-state index in [1.807, 2.05) is 0 Å². The van der Waals surface area contributed by atoms with Crippen molar-refractivity contribution in [1.29, 1.82) is 0 Å². The first-order valence-electron chi connectivity index (χ1n) is 10.7. The van der Waals surface area contributed by atoms with Gasteiger partial charge in [0.25, 0.3) is 0 Å². The van der Waals surface area contributed by atoms with E-state index in [1.165, 1.54) is 17.1 Å². The van der Waals surface area contributed by atoms with E-state index in [9.17, 15) is 18.0 Å². The number of carbonyl (C=O) groups excluding carboxylic acids is 2. The van der Waals surface area contributed by atoms with Crippen LogP contribution in [0.4, 0.5) is 0 Å². The second kappa shape index (κ2) is 10.4. The molecule has 2 aliphatic heterocycles. The predicted octanol–water partition coefficient (Wildman–Crippen LogP) is 0.854. The molecule has 30 heavy (non-hydrogen) atoms. The van der Waals surface area contributed by atoms with Gasteiger partial charge in [-0.15, -0.1) is 0 Å². The molecule has 0 spiro atoms. The Morgan fingerprint density at radius 3 is 2.20 bits per heavy atom. The van der Waals surface area contributed by atoms with Gasteiger partial charge in [-0.2, -0.15) is 4.31 Å². The molecular weight excluding hydrogens is 404 g/mol. The van der Waals surface area contributed by atoms with Crippen LogP contribution in [0.2, 0.25) is 0 Å². The molecule has 8 nitrogen and oxygen atoms in total. The SMILES string of the molecule is CN(CCN1CCCC1)C(=O)CCC(=O)N1CCN(S(=O)(=O)c2ccccc2)CC1. The molecule has 3 rings (SSSR count). The minimum absolute atomic E-state index is 0.0205. The lowest BCUT2D eigenvalue weighted by Crippen LogP contribution is -2.50. The highest BCUT2D eigenvalue weighted by Gasteiger charge is 2.30. The summed E-state index contributed by atoms with van der Waals surface area (Å²) in [6.07, 6.45) is 2.81. The second-order valence-corrected chi connectivity index (χ2v) is 9.90. The number of sulfonamides is 1. The maximum atomic E-state index is 12.7. The minimum Gasteiger partial charge on any atom is -0.344 e. The average molecular weight is 437 g/mol. The fourth-order valence-corrected chi connectivity index (χ4v) is 5.35. The molecule has 0 aromatic heterocycles. The first kappa shape index (κ1) is 22.7. The van der Waals surface area contributed by atoms with Crippen LogP contribution in [0.5, 0.6) is 0 Å². The number of nitrogens with zero attached hydrogens (tertiary/aromatic N) is 4. The second-order valence-electron chi connectivity index (χ2n) is 7.96. The number of carbonyl (C=O) groups is 2. The van der Waals surface area contributed by atoms with Crippen LogP contribution in [0.3, 0.4) is 0 Å². The number of hydrogen-bond acceptors (Lipinski definition) is 5. The third-order valence-corrected chi connectivity index (χ3v) is 7.81. The van der Waals surface area contributed by atoms with Crippen LogP contribution in [0.1, 0.15) is 25.7 Å². The fourth-order valence-electron chi connectivity index (χ4n) is 3.90. The minimum atomic E-state index is -3.53. The number of likely N-dealkylation sites (N-methyl/N-ethyl adjacent to an activating group) is 1. The zero-order valence-corrected chi connectivity index (χ0v) is 18.5. The molecule has 2 heterocycles. The van der Waals surface area contributed by atoms with E-state index in [0.717, 1.165) is 19.6 Å². The Hall–Kier alpha value is -1.97. The van der Waals surface area contributed by atoms with Crippen molar-refractivity contribution in [2.75, 3.05) is 59.4 Å². The van der Waals surface area contributed by atoms with Crippen molar-refractivity contribution in [1.82, 2.24) is 19.0 Å². The van der Waals surface area contributed by atoms with Gasteiger partial charge in [-0.25, -0.2) is 8.42 Å². The van der Waals surface area contributed by atoms with E-state index in [4.69, 9.17) is 0 Å².